The van der Waals surface area contributed by atoms with Crippen molar-refractivity contribution in [3.8, 4) is 5.75 Å². The van der Waals surface area contributed by atoms with Crippen molar-refractivity contribution < 1.29 is 4.74 Å². The van der Waals surface area contributed by atoms with Gasteiger partial charge in [0.15, 0.2) is 0 Å². The van der Waals surface area contributed by atoms with Crippen molar-refractivity contribution in [2.75, 3.05) is 27.7 Å². The molecule has 0 aromatic heterocycles. The lowest BCUT2D eigenvalue weighted by Gasteiger charge is -2.41. The Hall–Kier alpha value is -0.770. The maximum absolute atomic E-state index is 6.18. The first-order valence-corrected chi connectivity index (χ1v) is 7.46. The predicted molar refractivity (Wildman–Crippen MR) is 86.8 cm³/mol. The van der Waals surface area contributed by atoms with Crippen LogP contribution >= 0.6 is 11.6 Å². The summed E-state index contributed by atoms with van der Waals surface area (Å²) >= 11 is 6.18. The van der Waals surface area contributed by atoms with E-state index in [-0.39, 0.29) is 11.6 Å². The Bertz CT molecular complexity index is 432. The van der Waals surface area contributed by atoms with Gasteiger partial charge in [0.25, 0.3) is 0 Å². The largest absolute Gasteiger partial charge is 0.496 e. The SMILES string of the molecule is CCCNC(c1cc(Cl)ccc1OC)C(C)(C)N(C)C. The molecule has 0 aliphatic rings. The van der Waals surface area contributed by atoms with Gasteiger partial charge in [0.1, 0.15) is 5.75 Å². The standard InChI is InChI=1S/C16H27ClN2O/c1-7-10-18-15(16(2,3)19(4)5)13-11-12(17)8-9-14(13)20-6/h8-9,11,15,18H,7,10H2,1-6H3. The van der Waals surface area contributed by atoms with E-state index in [0.717, 1.165) is 29.3 Å². The third-order valence-corrected chi connectivity index (χ3v) is 4.20. The number of benzene rings is 1. The Morgan fingerprint density at radius 1 is 1.35 bits per heavy atom. The number of nitrogens with one attached hydrogen (secondary N) is 1. The van der Waals surface area contributed by atoms with Crippen molar-refractivity contribution in [1.29, 1.82) is 0 Å². The zero-order valence-corrected chi connectivity index (χ0v) is 14.2. The van der Waals surface area contributed by atoms with Crippen LogP contribution in [0.2, 0.25) is 5.02 Å². The van der Waals surface area contributed by atoms with Gasteiger partial charge in [0.05, 0.1) is 13.2 Å². The number of nitrogens with zero attached hydrogens (tertiary/aromatic N) is 1. The molecule has 20 heavy (non-hydrogen) atoms. The van der Waals surface area contributed by atoms with E-state index in [1.54, 1.807) is 7.11 Å². The Labute approximate surface area is 128 Å². The molecule has 4 heteroatoms. The van der Waals surface area contributed by atoms with Crippen molar-refractivity contribution in [2.24, 2.45) is 0 Å². The molecular weight excluding hydrogens is 272 g/mol. The second-order valence-electron chi connectivity index (χ2n) is 5.82. The number of halogens is 1. The Morgan fingerprint density at radius 2 is 2.00 bits per heavy atom. The fraction of sp³-hybridized carbons (Fsp3) is 0.625. The molecule has 0 bridgehead atoms. The molecule has 0 spiro atoms. The third-order valence-electron chi connectivity index (χ3n) is 3.96. The number of hydrogen-bond donors (Lipinski definition) is 1. The number of hydrogen-bond acceptors (Lipinski definition) is 3. The summed E-state index contributed by atoms with van der Waals surface area (Å²) in [5.74, 6) is 0.873. The first kappa shape index (κ1) is 17.3. The van der Waals surface area contributed by atoms with E-state index in [1.165, 1.54) is 0 Å². The first-order valence-electron chi connectivity index (χ1n) is 7.08. The zero-order chi connectivity index (χ0) is 15.3. The maximum atomic E-state index is 6.18. The molecule has 0 radical (unpaired) electrons. The minimum absolute atomic E-state index is 0.0624. The van der Waals surface area contributed by atoms with Crippen molar-refractivity contribution >= 4 is 11.6 Å². The first-order chi connectivity index (χ1) is 9.34. The number of rotatable bonds is 7. The highest BCUT2D eigenvalue weighted by Gasteiger charge is 2.34. The summed E-state index contributed by atoms with van der Waals surface area (Å²) in [6.45, 7) is 7.57. The predicted octanol–water partition coefficient (Wildman–Crippen LogP) is 3.73. The second-order valence-corrected chi connectivity index (χ2v) is 6.26. The van der Waals surface area contributed by atoms with Crippen molar-refractivity contribution in [3.63, 3.8) is 0 Å². The smallest absolute Gasteiger partial charge is 0.123 e. The fourth-order valence-electron chi connectivity index (χ4n) is 2.22. The van der Waals surface area contributed by atoms with Gasteiger partial charge in [-0.2, -0.15) is 0 Å². The van der Waals surface area contributed by atoms with Crippen LogP contribution in [0.15, 0.2) is 18.2 Å². The van der Waals surface area contributed by atoms with Gasteiger partial charge in [-0.3, -0.25) is 0 Å². The normalized spacial score (nSPS) is 13.6. The van der Waals surface area contributed by atoms with Crippen LogP contribution in [-0.2, 0) is 0 Å². The topological polar surface area (TPSA) is 24.5 Å². The van der Waals surface area contributed by atoms with Crippen LogP contribution in [0, 0.1) is 0 Å². The molecule has 1 N–H and O–H groups in total. The Kier molecular flexibility index (Phi) is 6.31. The number of methoxy groups -OCH3 is 1. The Balaban J connectivity index is 3.26. The Morgan fingerprint density at radius 3 is 2.50 bits per heavy atom. The van der Waals surface area contributed by atoms with Crippen LogP contribution in [0.5, 0.6) is 5.75 Å². The van der Waals surface area contributed by atoms with E-state index in [9.17, 15) is 0 Å². The van der Waals surface area contributed by atoms with Gasteiger partial charge in [-0.25, -0.2) is 0 Å². The molecule has 1 aromatic carbocycles. The molecule has 1 atom stereocenters. The van der Waals surface area contributed by atoms with Gasteiger partial charge in [0, 0.05) is 16.1 Å². The van der Waals surface area contributed by atoms with Crippen LogP contribution < -0.4 is 10.1 Å². The van der Waals surface area contributed by atoms with Crippen LogP contribution in [-0.4, -0.2) is 38.2 Å². The fourth-order valence-corrected chi connectivity index (χ4v) is 2.40. The summed E-state index contributed by atoms with van der Waals surface area (Å²) in [6.07, 6.45) is 1.09. The lowest BCUT2D eigenvalue weighted by molar-refractivity contribution is 0.136. The van der Waals surface area contributed by atoms with Gasteiger partial charge in [-0.15, -0.1) is 0 Å². The monoisotopic (exact) mass is 298 g/mol. The molecule has 0 amide bonds. The van der Waals surface area contributed by atoms with Gasteiger partial charge in [-0.05, 0) is 59.1 Å². The average Bonchev–Trinajstić information content (AvgIpc) is 2.39. The molecule has 0 aliphatic heterocycles. The maximum Gasteiger partial charge on any atom is 0.123 e. The van der Waals surface area contributed by atoms with Crippen LogP contribution in [0.25, 0.3) is 0 Å². The lowest BCUT2D eigenvalue weighted by atomic mass is 9.86. The summed E-state index contributed by atoms with van der Waals surface area (Å²) in [6, 6.07) is 5.94. The minimum atomic E-state index is -0.0624. The quantitative estimate of drug-likeness (QED) is 0.830. The molecular formula is C16H27ClN2O. The third kappa shape index (κ3) is 3.87. The van der Waals surface area contributed by atoms with Crippen molar-refractivity contribution in [1.82, 2.24) is 10.2 Å². The summed E-state index contributed by atoms with van der Waals surface area (Å²) in [4.78, 5) is 2.22. The van der Waals surface area contributed by atoms with E-state index in [2.05, 4.69) is 45.1 Å². The average molecular weight is 299 g/mol. The summed E-state index contributed by atoms with van der Waals surface area (Å²) in [5, 5.41) is 4.36. The van der Waals surface area contributed by atoms with E-state index in [4.69, 9.17) is 16.3 Å². The van der Waals surface area contributed by atoms with Gasteiger partial charge in [0.2, 0.25) is 0 Å². The molecule has 1 rings (SSSR count). The molecule has 1 unspecified atom stereocenters. The highest BCUT2D eigenvalue weighted by atomic mass is 35.5. The van der Waals surface area contributed by atoms with Crippen molar-refractivity contribution in [3.05, 3.63) is 28.8 Å². The van der Waals surface area contributed by atoms with Crippen LogP contribution in [0.1, 0.15) is 38.8 Å². The van der Waals surface area contributed by atoms with Crippen molar-refractivity contribution in [2.45, 2.75) is 38.8 Å². The van der Waals surface area contributed by atoms with Crippen LogP contribution in [0.3, 0.4) is 0 Å². The van der Waals surface area contributed by atoms with E-state index in [0.29, 0.717) is 0 Å². The molecule has 0 saturated carbocycles. The highest BCUT2D eigenvalue weighted by molar-refractivity contribution is 6.30. The molecule has 114 valence electrons. The molecule has 0 saturated heterocycles. The van der Waals surface area contributed by atoms with E-state index < -0.39 is 0 Å². The highest BCUT2D eigenvalue weighted by Crippen LogP contribution is 2.36. The van der Waals surface area contributed by atoms with Crippen LogP contribution in [0.4, 0.5) is 0 Å². The minimum Gasteiger partial charge on any atom is -0.496 e. The van der Waals surface area contributed by atoms with Gasteiger partial charge < -0.3 is 15.0 Å². The number of ether oxygens (including phenoxy) is 1. The zero-order valence-electron chi connectivity index (χ0n) is 13.5. The molecule has 1 aromatic rings. The van der Waals surface area contributed by atoms with Gasteiger partial charge >= 0.3 is 0 Å². The molecule has 0 aliphatic carbocycles. The summed E-state index contributed by atoms with van der Waals surface area (Å²) < 4.78 is 5.52. The second kappa shape index (κ2) is 7.30. The molecule has 3 nitrogen and oxygen atoms in total. The summed E-state index contributed by atoms with van der Waals surface area (Å²) in [7, 11) is 5.89. The molecule has 0 fully saturated rings. The van der Waals surface area contributed by atoms with E-state index in [1.807, 2.05) is 18.2 Å². The van der Waals surface area contributed by atoms with Gasteiger partial charge in [-0.1, -0.05) is 18.5 Å². The lowest BCUT2D eigenvalue weighted by Crippen LogP contribution is -2.49. The summed E-state index contributed by atoms with van der Waals surface area (Å²) in [5.41, 5.74) is 1.04. The molecule has 0 heterocycles. The number of likely N-dealkylation sites (N-methyl/N-ethyl adjacent to an activating group) is 1. The van der Waals surface area contributed by atoms with E-state index >= 15 is 0 Å².